The van der Waals surface area contributed by atoms with Gasteiger partial charge in [0.1, 0.15) is 11.3 Å². The third kappa shape index (κ3) is 3.01. The second kappa shape index (κ2) is 3.64. The molecule has 0 unspecified atom stereocenters. The molecule has 0 spiro atoms. The molecule has 0 aromatic carbocycles. The second-order valence-corrected chi connectivity index (χ2v) is 2.60. The number of nitrogens with zero attached hydrogens (tertiary/aromatic N) is 1. The predicted molar refractivity (Wildman–Crippen MR) is 42.1 cm³/mol. The smallest absolute Gasteiger partial charge is 0.422 e. The maximum atomic E-state index is 12.2. The fourth-order valence-electron chi connectivity index (χ4n) is 0.900. The van der Waals surface area contributed by atoms with Crippen LogP contribution in [0.1, 0.15) is 5.56 Å². The van der Waals surface area contributed by atoms with Crippen LogP contribution in [0.2, 0.25) is 0 Å². The highest BCUT2D eigenvalue weighted by Gasteiger charge is 2.33. The van der Waals surface area contributed by atoms with Gasteiger partial charge in [-0.25, -0.2) is 4.79 Å². The second-order valence-electron chi connectivity index (χ2n) is 2.60. The first-order valence-corrected chi connectivity index (χ1v) is 3.60. The van der Waals surface area contributed by atoms with Crippen molar-refractivity contribution in [1.82, 2.24) is 0 Å². The molecule has 8 heteroatoms. The van der Waals surface area contributed by atoms with Crippen molar-refractivity contribution in [3.8, 4) is 0 Å². The zero-order chi connectivity index (χ0) is 11.6. The van der Waals surface area contributed by atoms with Gasteiger partial charge < -0.3 is 10.3 Å². The van der Waals surface area contributed by atoms with Gasteiger partial charge in [-0.15, -0.1) is 0 Å². The zero-order valence-electron chi connectivity index (χ0n) is 7.08. The number of anilines is 1. The first-order chi connectivity index (χ1) is 6.79. The van der Waals surface area contributed by atoms with Crippen LogP contribution < -0.4 is 10.0 Å². The highest BCUT2D eigenvalue weighted by Crippen LogP contribution is 2.29. The van der Waals surface area contributed by atoms with Gasteiger partial charge in [0.15, 0.2) is 6.20 Å². The maximum absolute atomic E-state index is 12.2. The van der Waals surface area contributed by atoms with Crippen LogP contribution in [-0.2, 0) is 6.18 Å². The van der Waals surface area contributed by atoms with E-state index in [0.717, 1.165) is 0 Å². The summed E-state index contributed by atoms with van der Waals surface area (Å²) in [6.07, 6.45) is -5.24. The van der Waals surface area contributed by atoms with Crippen molar-refractivity contribution in [2.45, 2.75) is 6.18 Å². The van der Waals surface area contributed by atoms with Gasteiger partial charge >= 0.3 is 12.3 Å². The molecule has 0 atom stereocenters. The number of halogens is 3. The molecule has 1 rings (SSSR count). The number of carbonyl (C=O) groups is 1. The fourth-order valence-corrected chi connectivity index (χ4v) is 0.900. The average Bonchev–Trinajstić information content (AvgIpc) is 1.99. The van der Waals surface area contributed by atoms with Gasteiger partial charge in [0.05, 0.1) is 0 Å². The number of aromatic nitrogens is 1. The number of amides is 1. The Morgan fingerprint density at radius 1 is 1.47 bits per heavy atom. The summed E-state index contributed by atoms with van der Waals surface area (Å²) in [5, 5.41) is 20.6. The standard InChI is InChI=1S/C7H5F3N2O3/c8-7(9,10)4-1-5(11-6(13)14)3-12(15)2-4/h1-3,11H,(H,13,14). The minimum Gasteiger partial charge on any atom is -0.619 e. The number of pyridine rings is 1. The van der Waals surface area contributed by atoms with Crippen LogP contribution in [-0.4, -0.2) is 11.2 Å². The number of alkyl halides is 3. The van der Waals surface area contributed by atoms with Crippen LogP contribution in [0, 0.1) is 5.21 Å². The molecule has 2 N–H and O–H groups in total. The Labute approximate surface area is 81.3 Å². The number of carboxylic acid groups (broad SMARTS) is 1. The van der Waals surface area contributed by atoms with Crippen molar-refractivity contribution in [3.05, 3.63) is 29.2 Å². The van der Waals surface area contributed by atoms with Crippen molar-refractivity contribution < 1.29 is 27.8 Å². The summed E-state index contributed by atoms with van der Waals surface area (Å²) in [4.78, 5) is 10.1. The quantitative estimate of drug-likeness (QED) is 0.557. The number of hydrogen-bond acceptors (Lipinski definition) is 2. The molecule has 1 heterocycles. The Hall–Kier alpha value is -1.99. The lowest BCUT2D eigenvalue weighted by atomic mass is 10.2. The third-order valence-electron chi connectivity index (χ3n) is 1.42. The summed E-state index contributed by atoms with van der Waals surface area (Å²) in [5.74, 6) is 0. The minimum absolute atomic E-state index is 0.117. The van der Waals surface area contributed by atoms with E-state index in [4.69, 9.17) is 5.11 Å². The van der Waals surface area contributed by atoms with Crippen molar-refractivity contribution >= 4 is 11.8 Å². The Kier molecular flexibility index (Phi) is 2.69. The molecule has 0 aliphatic heterocycles. The summed E-state index contributed by atoms with van der Waals surface area (Å²) < 4.78 is 36.4. The molecule has 0 saturated carbocycles. The van der Waals surface area contributed by atoms with Crippen molar-refractivity contribution in [1.29, 1.82) is 0 Å². The summed E-state index contributed by atoms with van der Waals surface area (Å²) in [6, 6.07) is 0.530. The highest BCUT2D eigenvalue weighted by molar-refractivity contribution is 5.82. The zero-order valence-corrected chi connectivity index (χ0v) is 7.08. The third-order valence-corrected chi connectivity index (χ3v) is 1.42. The number of rotatable bonds is 1. The monoisotopic (exact) mass is 222 g/mol. The van der Waals surface area contributed by atoms with E-state index in [-0.39, 0.29) is 4.73 Å². The first-order valence-electron chi connectivity index (χ1n) is 3.60. The van der Waals surface area contributed by atoms with E-state index in [1.54, 1.807) is 5.32 Å². The normalized spacial score (nSPS) is 11.1. The van der Waals surface area contributed by atoms with E-state index in [1.807, 2.05) is 0 Å². The van der Waals surface area contributed by atoms with E-state index in [2.05, 4.69) is 0 Å². The van der Waals surface area contributed by atoms with E-state index in [0.29, 0.717) is 18.5 Å². The van der Waals surface area contributed by atoms with Crippen molar-refractivity contribution in [2.24, 2.45) is 0 Å². The van der Waals surface area contributed by atoms with E-state index >= 15 is 0 Å². The summed E-state index contributed by atoms with van der Waals surface area (Å²) in [6.45, 7) is 0. The van der Waals surface area contributed by atoms with Crippen LogP contribution in [0.25, 0.3) is 0 Å². The summed E-state index contributed by atoms with van der Waals surface area (Å²) in [5.41, 5.74) is -1.66. The molecular weight excluding hydrogens is 217 g/mol. The summed E-state index contributed by atoms with van der Waals surface area (Å²) in [7, 11) is 0. The maximum Gasteiger partial charge on any atom is 0.422 e. The van der Waals surface area contributed by atoms with Gasteiger partial charge in [-0.2, -0.15) is 17.9 Å². The highest BCUT2D eigenvalue weighted by atomic mass is 19.4. The molecule has 1 aromatic rings. The lowest BCUT2D eigenvalue weighted by Gasteiger charge is -2.08. The molecule has 15 heavy (non-hydrogen) atoms. The van der Waals surface area contributed by atoms with Gasteiger partial charge in [-0.3, -0.25) is 5.32 Å². The predicted octanol–water partition coefficient (Wildman–Crippen LogP) is 1.43. The molecule has 0 bridgehead atoms. The fraction of sp³-hybridized carbons (Fsp3) is 0.143. The van der Waals surface area contributed by atoms with Gasteiger partial charge in [-0.05, 0) is 6.07 Å². The Morgan fingerprint density at radius 3 is 2.53 bits per heavy atom. The number of hydrogen-bond donors (Lipinski definition) is 2. The molecule has 0 aliphatic carbocycles. The van der Waals surface area contributed by atoms with E-state index in [9.17, 15) is 23.2 Å². The minimum atomic E-state index is -4.69. The van der Waals surface area contributed by atoms with Gasteiger partial charge in [0, 0.05) is 0 Å². The molecule has 5 nitrogen and oxygen atoms in total. The first kappa shape index (κ1) is 11.1. The molecule has 0 fully saturated rings. The Morgan fingerprint density at radius 2 is 2.07 bits per heavy atom. The van der Waals surface area contributed by atoms with Gasteiger partial charge in [-0.1, -0.05) is 0 Å². The molecule has 0 saturated heterocycles. The van der Waals surface area contributed by atoms with E-state index in [1.165, 1.54) is 0 Å². The van der Waals surface area contributed by atoms with Gasteiger partial charge in [0.2, 0.25) is 6.20 Å². The van der Waals surface area contributed by atoms with Crippen LogP contribution in [0.4, 0.5) is 23.7 Å². The molecule has 0 radical (unpaired) electrons. The van der Waals surface area contributed by atoms with Crippen LogP contribution in [0.3, 0.4) is 0 Å². The molecule has 82 valence electrons. The SMILES string of the molecule is O=C(O)Nc1cc(C(F)(F)F)c[n+]([O-])c1. The lowest BCUT2D eigenvalue weighted by Crippen LogP contribution is -2.28. The van der Waals surface area contributed by atoms with Gasteiger partial charge in [0.25, 0.3) is 0 Å². The average molecular weight is 222 g/mol. The van der Waals surface area contributed by atoms with E-state index < -0.39 is 23.5 Å². The van der Waals surface area contributed by atoms with Crippen LogP contribution in [0.5, 0.6) is 0 Å². The van der Waals surface area contributed by atoms with Crippen LogP contribution >= 0.6 is 0 Å². The van der Waals surface area contributed by atoms with Crippen molar-refractivity contribution in [2.75, 3.05) is 5.32 Å². The largest absolute Gasteiger partial charge is 0.619 e. The molecular formula is C7H5F3N2O3. The Balaban J connectivity index is 3.11. The van der Waals surface area contributed by atoms with Crippen molar-refractivity contribution in [3.63, 3.8) is 0 Å². The topological polar surface area (TPSA) is 76.3 Å². The Bertz CT molecular complexity index is 392. The molecule has 1 amide bonds. The summed E-state index contributed by atoms with van der Waals surface area (Å²) >= 11 is 0. The molecule has 1 aromatic heterocycles. The lowest BCUT2D eigenvalue weighted by molar-refractivity contribution is -0.605. The number of nitrogens with one attached hydrogen (secondary N) is 1. The van der Waals surface area contributed by atoms with Crippen LogP contribution in [0.15, 0.2) is 18.5 Å². The molecule has 0 aliphatic rings.